The van der Waals surface area contributed by atoms with Gasteiger partial charge in [0.15, 0.2) is 0 Å². The lowest BCUT2D eigenvalue weighted by Gasteiger charge is -2.36. The fourth-order valence-corrected chi connectivity index (χ4v) is 2.42. The molecule has 0 unspecified atom stereocenters. The van der Waals surface area contributed by atoms with E-state index in [1.807, 2.05) is 0 Å². The molecule has 0 aromatic carbocycles. The molecule has 0 spiro atoms. The van der Waals surface area contributed by atoms with Gasteiger partial charge >= 0.3 is 0 Å². The van der Waals surface area contributed by atoms with Crippen molar-refractivity contribution in [3.63, 3.8) is 0 Å². The Morgan fingerprint density at radius 1 is 1.19 bits per heavy atom. The first kappa shape index (κ1) is 12.3. The first-order valence-electron chi connectivity index (χ1n) is 6.50. The van der Waals surface area contributed by atoms with Crippen molar-refractivity contribution in [3.05, 3.63) is 0 Å². The standard InChI is InChI=1S/C12H25N3O/c1-14-2-4-15(5-3-14)6-7-16-12-8-11(9-12)10-13/h11-12H,2-10,13H2,1H3. The second-order valence-corrected chi connectivity index (χ2v) is 5.21. The Balaban J connectivity index is 1.49. The summed E-state index contributed by atoms with van der Waals surface area (Å²) in [5, 5.41) is 0. The number of piperazine rings is 1. The van der Waals surface area contributed by atoms with Crippen LogP contribution < -0.4 is 5.73 Å². The third kappa shape index (κ3) is 3.42. The fourth-order valence-electron chi connectivity index (χ4n) is 2.42. The molecule has 94 valence electrons. The van der Waals surface area contributed by atoms with Gasteiger partial charge in [0.25, 0.3) is 0 Å². The molecule has 2 fully saturated rings. The molecular formula is C12H25N3O. The topological polar surface area (TPSA) is 41.7 Å². The van der Waals surface area contributed by atoms with Crippen LogP contribution >= 0.6 is 0 Å². The molecule has 0 aromatic rings. The summed E-state index contributed by atoms with van der Waals surface area (Å²) in [5.74, 6) is 0.730. The second-order valence-electron chi connectivity index (χ2n) is 5.21. The lowest BCUT2D eigenvalue weighted by Crippen LogP contribution is -2.46. The van der Waals surface area contributed by atoms with Crippen LogP contribution in [0.3, 0.4) is 0 Å². The van der Waals surface area contributed by atoms with E-state index in [4.69, 9.17) is 10.5 Å². The van der Waals surface area contributed by atoms with E-state index in [2.05, 4.69) is 16.8 Å². The van der Waals surface area contributed by atoms with Crippen LogP contribution in [0.4, 0.5) is 0 Å². The van der Waals surface area contributed by atoms with Gasteiger partial charge in [-0.15, -0.1) is 0 Å². The van der Waals surface area contributed by atoms with Crippen LogP contribution in [0.15, 0.2) is 0 Å². The van der Waals surface area contributed by atoms with E-state index < -0.39 is 0 Å². The highest BCUT2D eigenvalue weighted by atomic mass is 16.5. The molecule has 0 bridgehead atoms. The zero-order valence-electron chi connectivity index (χ0n) is 10.4. The van der Waals surface area contributed by atoms with E-state index in [-0.39, 0.29) is 0 Å². The highest BCUT2D eigenvalue weighted by molar-refractivity contribution is 4.80. The predicted molar refractivity (Wildman–Crippen MR) is 65.5 cm³/mol. The van der Waals surface area contributed by atoms with Crippen molar-refractivity contribution in [2.45, 2.75) is 18.9 Å². The summed E-state index contributed by atoms with van der Waals surface area (Å²) < 4.78 is 5.83. The molecule has 2 rings (SSSR count). The second kappa shape index (κ2) is 5.96. The molecule has 1 aliphatic heterocycles. The summed E-state index contributed by atoms with van der Waals surface area (Å²) in [5.41, 5.74) is 5.59. The van der Waals surface area contributed by atoms with Gasteiger partial charge < -0.3 is 15.4 Å². The monoisotopic (exact) mass is 227 g/mol. The van der Waals surface area contributed by atoms with Crippen LogP contribution in [0.1, 0.15) is 12.8 Å². The van der Waals surface area contributed by atoms with Gasteiger partial charge in [0.1, 0.15) is 0 Å². The minimum Gasteiger partial charge on any atom is -0.377 e. The number of ether oxygens (including phenoxy) is 1. The Labute approximate surface area is 98.7 Å². The average molecular weight is 227 g/mol. The molecule has 4 nitrogen and oxygen atoms in total. The predicted octanol–water partition coefficient (Wildman–Crippen LogP) is -0.0123. The first-order valence-corrected chi connectivity index (χ1v) is 6.50. The lowest BCUT2D eigenvalue weighted by atomic mass is 9.82. The summed E-state index contributed by atoms with van der Waals surface area (Å²) in [6, 6.07) is 0. The summed E-state index contributed by atoms with van der Waals surface area (Å²) in [6.07, 6.45) is 2.86. The van der Waals surface area contributed by atoms with Crippen LogP contribution in [0.2, 0.25) is 0 Å². The summed E-state index contributed by atoms with van der Waals surface area (Å²) in [4.78, 5) is 4.88. The lowest BCUT2D eigenvalue weighted by molar-refractivity contribution is -0.0373. The molecule has 4 heteroatoms. The Morgan fingerprint density at radius 3 is 2.50 bits per heavy atom. The van der Waals surface area contributed by atoms with Crippen molar-refractivity contribution in [2.24, 2.45) is 11.7 Å². The van der Waals surface area contributed by atoms with E-state index in [1.54, 1.807) is 0 Å². The highest BCUT2D eigenvalue weighted by Gasteiger charge is 2.28. The van der Waals surface area contributed by atoms with E-state index in [0.717, 1.165) is 25.6 Å². The maximum atomic E-state index is 5.83. The first-order chi connectivity index (χ1) is 7.78. The molecule has 16 heavy (non-hydrogen) atoms. The Bertz CT molecular complexity index is 198. The zero-order chi connectivity index (χ0) is 11.4. The van der Waals surface area contributed by atoms with Gasteiger partial charge in [-0.05, 0) is 32.4 Å². The van der Waals surface area contributed by atoms with Crippen molar-refractivity contribution in [3.8, 4) is 0 Å². The number of hydrogen-bond acceptors (Lipinski definition) is 4. The molecule has 0 atom stereocenters. The molecule has 1 heterocycles. The van der Waals surface area contributed by atoms with Gasteiger partial charge in [-0.2, -0.15) is 0 Å². The minimum atomic E-state index is 0.501. The van der Waals surface area contributed by atoms with Crippen LogP contribution in [0.25, 0.3) is 0 Å². The molecule has 1 saturated heterocycles. The molecule has 1 aliphatic carbocycles. The summed E-state index contributed by atoms with van der Waals surface area (Å²) in [6.45, 7) is 7.59. The van der Waals surface area contributed by atoms with Crippen molar-refractivity contribution < 1.29 is 4.74 Å². The van der Waals surface area contributed by atoms with Gasteiger partial charge in [-0.25, -0.2) is 0 Å². The molecule has 1 saturated carbocycles. The number of nitrogens with two attached hydrogens (primary N) is 1. The number of nitrogens with zero attached hydrogens (tertiary/aromatic N) is 2. The number of hydrogen-bond donors (Lipinski definition) is 1. The summed E-state index contributed by atoms with van der Waals surface area (Å²) >= 11 is 0. The van der Waals surface area contributed by atoms with Crippen molar-refractivity contribution in [2.75, 3.05) is 52.9 Å². The minimum absolute atomic E-state index is 0.501. The SMILES string of the molecule is CN1CCN(CCOC2CC(CN)C2)CC1. The fraction of sp³-hybridized carbons (Fsp3) is 1.00. The van der Waals surface area contributed by atoms with Crippen LogP contribution in [0.5, 0.6) is 0 Å². The van der Waals surface area contributed by atoms with Gasteiger partial charge in [0.2, 0.25) is 0 Å². The van der Waals surface area contributed by atoms with E-state index >= 15 is 0 Å². The Hall–Kier alpha value is -0.160. The van der Waals surface area contributed by atoms with Gasteiger partial charge in [0.05, 0.1) is 12.7 Å². The molecule has 0 aromatic heterocycles. The van der Waals surface area contributed by atoms with Crippen LogP contribution in [-0.2, 0) is 4.74 Å². The molecule has 2 N–H and O–H groups in total. The Kier molecular flexibility index (Phi) is 4.58. The van der Waals surface area contributed by atoms with Crippen molar-refractivity contribution >= 4 is 0 Å². The van der Waals surface area contributed by atoms with Crippen LogP contribution in [0, 0.1) is 5.92 Å². The van der Waals surface area contributed by atoms with E-state index in [0.29, 0.717) is 6.10 Å². The van der Waals surface area contributed by atoms with Gasteiger partial charge in [-0.3, -0.25) is 4.90 Å². The maximum absolute atomic E-state index is 5.83. The molecule has 0 radical (unpaired) electrons. The molecule has 0 amide bonds. The summed E-state index contributed by atoms with van der Waals surface area (Å²) in [7, 11) is 2.19. The third-order valence-corrected chi connectivity index (χ3v) is 3.88. The largest absolute Gasteiger partial charge is 0.377 e. The molecular weight excluding hydrogens is 202 g/mol. The third-order valence-electron chi connectivity index (χ3n) is 3.88. The van der Waals surface area contributed by atoms with E-state index in [9.17, 15) is 0 Å². The highest BCUT2D eigenvalue weighted by Crippen LogP contribution is 2.28. The quantitative estimate of drug-likeness (QED) is 0.717. The van der Waals surface area contributed by atoms with Gasteiger partial charge in [-0.1, -0.05) is 0 Å². The Morgan fingerprint density at radius 2 is 1.88 bits per heavy atom. The van der Waals surface area contributed by atoms with Crippen LogP contribution in [-0.4, -0.2) is 68.8 Å². The molecule has 2 aliphatic rings. The van der Waals surface area contributed by atoms with Crippen molar-refractivity contribution in [1.29, 1.82) is 0 Å². The number of rotatable bonds is 5. The van der Waals surface area contributed by atoms with Gasteiger partial charge in [0, 0.05) is 32.7 Å². The van der Waals surface area contributed by atoms with E-state index in [1.165, 1.54) is 39.0 Å². The zero-order valence-corrected chi connectivity index (χ0v) is 10.4. The number of likely N-dealkylation sites (N-methyl/N-ethyl adjacent to an activating group) is 1. The maximum Gasteiger partial charge on any atom is 0.0597 e. The normalized spacial score (nSPS) is 32.6. The van der Waals surface area contributed by atoms with Crippen molar-refractivity contribution in [1.82, 2.24) is 9.80 Å². The smallest absolute Gasteiger partial charge is 0.0597 e. The average Bonchev–Trinajstić information content (AvgIpc) is 2.24.